The maximum atomic E-state index is 4.81. The smallest absolute Gasteiger partial charge is 0.103 e. The van der Waals surface area contributed by atoms with Crippen LogP contribution in [0.2, 0.25) is 0 Å². The summed E-state index contributed by atoms with van der Waals surface area (Å²) in [7, 11) is 0. The van der Waals surface area contributed by atoms with Crippen LogP contribution in [0.5, 0.6) is 0 Å². The third kappa shape index (κ3) is 1.79. The minimum absolute atomic E-state index is 0.848. The topological polar surface area (TPSA) is 41.6 Å². The Hall–Kier alpha value is -1.94. The van der Waals surface area contributed by atoms with Crippen LogP contribution in [0, 0.1) is 6.92 Å². The van der Waals surface area contributed by atoms with Crippen molar-refractivity contribution >= 4 is 11.3 Å². The molecule has 0 aliphatic heterocycles. The molecular weight excluding hydrogens is 254 g/mol. The van der Waals surface area contributed by atoms with Crippen LogP contribution in [0.1, 0.15) is 27.0 Å². The van der Waals surface area contributed by atoms with Crippen molar-refractivity contribution in [3.05, 3.63) is 57.4 Å². The number of nitrogens with zero attached hydrogens (tertiary/aromatic N) is 2. The van der Waals surface area contributed by atoms with Crippen LogP contribution >= 0.6 is 11.3 Å². The predicted octanol–water partition coefficient (Wildman–Crippen LogP) is 3.34. The molecule has 0 saturated heterocycles. The zero-order valence-corrected chi connectivity index (χ0v) is 11.4. The summed E-state index contributed by atoms with van der Waals surface area (Å²) < 4.78 is 0. The summed E-state index contributed by atoms with van der Waals surface area (Å²) in [5.74, 6) is 0.962. The van der Waals surface area contributed by atoms with Crippen molar-refractivity contribution in [2.75, 3.05) is 0 Å². The number of H-pyrrole nitrogens is 1. The van der Waals surface area contributed by atoms with Crippen LogP contribution in [-0.4, -0.2) is 15.0 Å². The molecule has 0 saturated carbocycles. The highest BCUT2D eigenvalue weighted by molar-refractivity contribution is 7.12. The van der Waals surface area contributed by atoms with Crippen molar-refractivity contribution < 1.29 is 0 Å². The van der Waals surface area contributed by atoms with Gasteiger partial charge in [-0.1, -0.05) is 24.3 Å². The fraction of sp³-hybridized carbons (Fsp3) is 0.200. The number of hydrogen-bond acceptors (Lipinski definition) is 3. The van der Waals surface area contributed by atoms with Crippen molar-refractivity contribution in [1.29, 1.82) is 0 Å². The van der Waals surface area contributed by atoms with Gasteiger partial charge in [0.05, 0.1) is 10.7 Å². The van der Waals surface area contributed by atoms with Gasteiger partial charge in [-0.25, -0.2) is 9.97 Å². The summed E-state index contributed by atoms with van der Waals surface area (Å²) >= 11 is 1.82. The van der Waals surface area contributed by atoms with E-state index >= 15 is 0 Å². The van der Waals surface area contributed by atoms with E-state index in [1.165, 1.54) is 26.7 Å². The number of imidazole rings is 1. The number of thiazole rings is 1. The Morgan fingerprint density at radius 1 is 1.32 bits per heavy atom. The van der Waals surface area contributed by atoms with Crippen molar-refractivity contribution in [3.8, 4) is 11.3 Å². The molecule has 0 radical (unpaired) electrons. The second-order valence-electron chi connectivity index (χ2n) is 4.88. The largest absolute Gasteiger partial charge is 0.346 e. The summed E-state index contributed by atoms with van der Waals surface area (Å²) in [6, 6.07) is 8.56. The quantitative estimate of drug-likeness (QED) is 0.605. The van der Waals surface area contributed by atoms with E-state index in [2.05, 4.69) is 34.2 Å². The first-order valence-corrected chi connectivity index (χ1v) is 7.18. The SMILES string of the molecule is Cc1ncc(Cc2nc3c(s2)Cc2ccccc2-3)[nH]1. The molecule has 3 aromatic rings. The van der Waals surface area contributed by atoms with Gasteiger partial charge in [-0.3, -0.25) is 0 Å². The van der Waals surface area contributed by atoms with E-state index in [4.69, 9.17) is 4.98 Å². The number of benzene rings is 1. The number of aromatic amines is 1. The van der Waals surface area contributed by atoms with Crippen LogP contribution < -0.4 is 0 Å². The van der Waals surface area contributed by atoms with Gasteiger partial charge in [-0.05, 0) is 12.5 Å². The number of aryl methyl sites for hydroxylation is 1. The highest BCUT2D eigenvalue weighted by atomic mass is 32.1. The fourth-order valence-electron chi connectivity index (χ4n) is 2.61. The van der Waals surface area contributed by atoms with Gasteiger partial charge in [-0.15, -0.1) is 11.3 Å². The molecular formula is C15H13N3S. The molecule has 1 aromatic carbocycles. The summed E-state index contributed by atoms with van der Waals surface area (Å²) in [6.45, 7) is 1.97. The average molecular weight is 267 g/mol. The van der Waals surface area contributed by atoms with Gasteiger partial charge in [0, 0.05) is 35.2 Å². The van der Waals surface area contributed by atoms with E-state index in [0.717, 1.165) is 24.4 Å². The Bertz CT molecular complexity index is 754. The lowest BCUT2D eigenvalue weighted by molar-refractivity contribution is 1.05. The van der Waals surface area contributed by atoms with Gasteiger partial charge in [0.1, 0.15) is 5.82 Å². The first kappa shape index (κ1) is 10.9. The average Bonchev–Trinajstić information content (AvgIpc) is 3.04. The molecule has 4 heteroatoms. The van der Waals surface area contributed by atoms with E-state index in [1.54, 1.807) is 0 Å². The molecule has 1 N–H and O–H groups in total. The van der Waals surface area contributed by atoms with Crippen LogP contribution in [0.4, 0.5) is 0 Å². The standard InChI is InChI=1S/C15H13N3S/c1-9-16-8-11(17-9)7-14-18-15-12-5-3-2-4-10(12)6-13(15)19-14/h2-5,8H,6-7H2,1H3,(H,16,17). The minimum Gasteiger partial charge on any atom is -0.346 e. The van der Waals surface area contributed by atoms with E-state index in [0.29, 0.717) is 0 Å². The molecule has 0 amide bonds. The Kier molecular flexibility index (Phi) is 2.32. The van der Waals surface area contributed by atoms with E-state index in [1.807, 2.05) is 24.5 Å². The van der Waals surface area contributed by atoms with E-state index < -0.39 is 0 Å². The molecule has 0 unspecified atom stereocenters. The molecule has 0 fully saturated rings. The third-order valence-corrected chi connectivity index (χ3v) is 4.52. The van der Waals surface area contributed by atoms with Gasteiger partial charge in [0.2, 0.25) is 0 Å². The number of fused-ring (bicyclic) bond motifs is 3. The molecule has 94 valence electrons. The fourth-order valence-corrected chi connectivity index (χ4v) is 3.74. The minimum atomic E-state index is 0.848. The predicted molar refractivity (Wildman–Crippen MR) is 76.5 cm³/mol. The summed E-state index contributed by atoms with van der Waals surface area (Å²) in [6.07, 6.45) is 3.78. The van der Waals surface area contributed by atoms with Crippen molar-refractivity contribution in [1.82, 2.24) is 15.0 Å². The molecule has 0 spiro atoms. The number of hydrogen-bond donors (Lipinski definition) is 1. The van der Waals surface area contributed by atoms with Crippen LogP contribution in [0.25, 0.3) is 11.3 Å². The Morgan fingerprint density at radius 3 is 3.05 bits per heavy atom. The molecule has 2 aromatic heterocycles. The molecule has 1 aliphatic rings. The Morgan fingerprint density at radius 2 is 2.21 bits per heavy atom. The normalized spacial score (nSPS) is 12.5. The summed E-state index contributed by atoms with van der Waals surface area (Å²) in [5.41, 5.74) is 5.03. The zero-order chi connectivity index (χ0) is 12.8. The lowest BCUT2D eigenvalue weighted by Crippen LogP contribution is -1.88. The summed E-state index contributed by atoms with van der Waals surface area (Å²) in [5, 5.41) is 1.17. The van der Waals surface area contributed by atoms with E-state index in [-0.39, 0.29) is 0 Å². The van der Waals surface area contributed by atoms with Gasteiger partial charge in [0.25, 0.3) is 0 Å². The van der Waals surface area contributed by atoms with Gasteiger partial charge in [-0.2, -0.15) is 0 Å². The second kappa shape index (κ2) is 4.03. The number of aromatic nitrogens is 3. The monoisotopic (exact) mass is 267 g/mol. The zero-order valence-electron chi connectivity index (χ0n) is 10.6. The second-order valence-corrected chi connectivity index (χ2v) is 6.05. The number of nitrogens with one attached hydrogen (secondary N) is 1. The maximum absolute atomic E-state index is 4.81. The Labute approximate surface area is 115 Å². The lowest BCUT2D eigenvalue weighted by atomic mass is 10.1. The van der Waals surface area contributed by atoms with Crippen LogP contribution in [-0.2, 0) is 12.8 Å². The summed E-state index contributed by atoms with van der Waals surface area (Å²) in [4.78, 5) is 13.7. The number of rotatable bonds is 2. The highest BCUT2D eigenvalue weighted by Gasteiger charge is 2.22. The first-order valence-electron chi connectivity index (χ1n) is 6.37. The molecule has 4 rings (SSSR count). The highest BCUT2D eigenvalue weighted by Crippen LogP contribution is 2.39. The van der Waals surface area contributed by atoms with Gasteiger partial charge >= 0.3 is 0 Å². The van der Waals surface area contributed by atoms with Gasteiger partial charge < -0.3 is 4.98 Å². The molecule has 0 atom stereocenters. The molecule has 3 nitrogen and oxygen atoms in total. The van der Waals surface area contributed by atoms with Gasteiger partial charge in [0.15, 0.2) is 0 Å². The Balaban J connectivity index is 1.69. The van der Waals surface area contributed by atoms with Crippen molar-refractivity contribution in [2.45, 2.75) is 19.8 Å². The molecule has 1 aliphatic carbocycles. The maximum Gasteiger partial charge on any atom is 0.103 e. The molecule has 19 heavy (non-hydrogen) atoms. The van der Waals surface area contributed by atoms with Crippen LogP contribution in [0.3, 0.4) is 0 Å². The molecule has 2 heterocycles. The van der Waals surface area contributed by atoms with Crippen molar-refractivity contribution in [2.24, 2.45) is 0 Å². The first-order chi connectivity index (χ1) is 9.29. The van der Waals surface area contributed by atoms with Crippen LogP contribution in [0.15, 0.2) is 30.5 Å². The van der Waals surface area contributed by atoms with E-state index in [9.17, 15) is 0 Å². The van der Waals surface area contributed by atoms with Crippen molar-refractivity contribution in [3.63, 3.8) is 0 Å². The molecule has 0 bridgehead atoms. The third-order valence-electron chi connectivity index (χ3n) is 3.46. The lowest BCUT2D eigenvalue weighted by Gasteiger charge is -1.97.